The van der Waals surface area contributed by atoms with E-state index in [0.717, 1.165) is 12.8 Å². The van der Waals surface area contributed by atoms with Crippen molar-refractivity contribution in [1.82, 2.24) is 0 Å². The summed E-state index contributed by atoms with van der Waals surface area (Å²) >= 11 is 0. The maximum absolute atomic E-state index is 10.2. The van der Waals surface area contributed by atoms with Crippen LogP contribution in [0.4, 0.5) is 0 Å². The summed E-state index contributed by atoms with van der Waals surface area (Å²) in [5, 5.41) is 20.3. The second kappa shape index (κ2) is 4.76. The van der Waals surface area contributed by atoms with Gasteiger partial charge in [-0.05, 0) is 19.3 Å². The first-order chi connectivity index (χ1) is 5.38. The third kappa shape index (κ3) is 6.53. The summed E-state index contributed by atoms with van der Waals surface area (Å²) in [6.07, 6.45) is 0.826. The average Bonchev–Trinajstić information content (AvgIpc) is 2.67. The Kier molecular flexibility index (Phi) is 4.69. The molecule has 0 atom stereocenters. The maximum atomic E-state index is 10.2. The zero-order chi connectivity index (χ0) is 9.78. The first-order valence-corrected chi connectivity index (χ1v) is 5.36. The number of primary sulfonamides is 1. The van der Waals surface area contributed by atoms with Crippen LogP contribution in [-0.2, 0) is 10.0 Å². The predicted octanol–water partition coefficient (Wildman–Crippen LogP) is -0.856. The summed E-state index contributed by atoms with van der Waals surface area (Å²) in [6, 6.07) is 0. The topological polar surface area (TPSA) is 101 Å². The average molecular weight is 197 g/mol. The van der Waals surface area contributed by atoms with Crippen molar-refractivity contribution in [3.63, 3.8) is 0 Å². The second-order valence-corrected chi connectivity index (χ2v) is 4.52. The van der Waals surface area contributed by atoms with Crippen molar-refractivity contribution in [3.8, 4) is 0 Å². The lowest BCUT2D eigenvalue weighted by Crippen LogP contribution is -2.16. The van der Waals surface area contributed by atoms with E-state index in [9.17, 15) is 8.42 Å². The van der Waals surface area contributed by atoms with E-state index in [0.29, 0.717) is 6.42 Å². The minimum absolute atomic E-state index is 0.201. The Morgan fingerprint density at radius 3 is 1.83 bits per heavy atom. The molecular formula is C6H15NO4S. The molecule has 1 aliphatic carbocycles. The molecule has 0 unspecified atom stereocenters. The van der Waals surface area contributed by atoms with E-state index in [-0.39, 0.29) is 5.25 Å². The third-order valence-corrected chi connectivity index (χ3v) is 2.75. The number of aliphatic hydroxyl groups excluding tert-OH is 1. The van der Waals surface area contributed by atoms with Crippen LogP contribution in [0.5, 0.6) is 0 Å². The third-order valence-electron chi connectivity index (χ3n) is 1.35. The minimum atomic E-state index is -3.13. The molecule has 0 spiro atoms. The standard InChI is InChI=1S/C3H7NO2S.C3H8O2/c4-7(5,6)3-1-2-3;1-2-3(4)5/h3H,1-2H2,(H2,4,5,6);3-5H,2H2,1H3. The molecule has 6 heteroatoms. The largest absolute Gasteiger partial charge is 0.368 e. The molecule has 1 aliphatic rings. The second-order valence-electron chi connectivity index (χ2n) is 2.68. The van der Waals surface area contributed by atoms with Crippen LogP contribution < -0.4 is 5.14 Å². The molecule has 1 rings (SSSR count). The molecule has 0 aromatic carbocycles. The Bertz CT molecular complexity index is 208. The summed E-state index contributed by atoms with van der Waals surface area (Å²) < 4.78 is 20.3. The summed E-state index contributed by atoms with van der Waals surface area (Å²) in [5.74, 6) is 0. The zero-order valence-corrected chi connectivity index (χ0v) is 7.79. The number of nitrogens with two attached hydrogens (primary N) is 1. The van der Waals surface area contributed by atoms with E-state index >= 15 is 0 Å². The number of aliphatic hydroxyl groups is 2. The SMILES string of the molecule is CCC(O)O.NS(=O)(=O)C1CC1. The molecular weight excluding hydrogens is 182 g/mol. The molecule has 1 fully saturated rings. The van der Waals surface area contributed by atoms with Gasteiger partial charge in [-0.1, -0.05) is 6.92 Å². The first-order valence-electron chi connectivity index (χ1n) is 3.75. The molecule has 0 aliphatic heterocycles. The highest BCUT2D eigenvalue weighted by Crippen LogP contribution is 2.25. The lowest BCUT2D eigenvalue weighted by atomic mass is 10.5. The molecule has 0 aromatic heterocycles. The van der Waals surface area contributed by atoms with E-state index < -0.39 is 16.3 Å². The van der Waals surface area contributed by atoms with Crippen molar-refractivity contribution in [1.29, 1.82) is 0 Å². The van der Waals surface area contributed by atoms with Gasteiger partial charge >= 0.3 is 0 Å². The number of rotatable bonds is 2. The molecule has 12 heavy (non-hydrogen) atoms. The fourth-order valence-electron chi connectivity index (χ4n) is 0.397. The van der Waals surface area contributed by atoms with Crippen LogP contribution in [0.3, 0.4) is 0 Å². The quantitative estimate of drug-likeness (QED) is 0.502. The predicted molar refractivity (Wildman–Crippen MR) is 44.6 cm³/mol. The van der Waals surface area contributed by atoms with Gasteiger partial charge in [-0.2, -0.15) is 0 Å². The highest BCUT2D eigenvalue weighted by atomic mass is 32.2. The van der Waals surface area contributed by atoms with E-state index in [4.69, 9.17) is 15.4 Å². The van der Waals surface area contributed by atoms with Gasteiger partial charge in [0.05, 0.1) is 5.25 Å². The van der Waals surface area contributed by atoms with Crippen molar-refractivity contribution in [2.45, 2.75) is 37.7 Å². The normalized spacial score (nSPS) is 17.1. The van der Waals surface area contributed by atoms with Crippen molar-refractivity contribution >= 4 is 10.0 Å². The van der Waals surface area contributed by atoms with Gasteiger partial charge in [0.2, 0.25) is 10.0 Å². The minimum Gasteiger partial charge on any atom is -0.368 e. The van der Waals surface area contributed by atoms with Gasteiger partial charge in [0, 0.05) is 0 Å². The van der Waals surface area contributed by atoms with Crippen molar-refractivity contribution < 1.29 is 18.6 Å². The molecule has 5 nitrogen and oxygen atoms in total. The monoisotopic (exact) mass is 197 g/mol. The highest BCUT2D eigenvalue weighted by Gasteiger charge is 2.32. The van der Waals surface area contributed by atoms with Gasteiger partial charge in [0.25, 0.3) is 0 Å². The Morgan fingerprint density at radius 1 is 1.50 bits per heavy atom. The van der Waals surface area contributed by atoms with Crippen molar-refractivity contribution in [2.24, 2.45) is 5.14 Å². The van der Waals surface area contributed by atoms with Crippen LogP contribution in [0, 0.1) is 0 Å². The summed E-state index contributed by atoms with van der Waals surface area (Å²) in [5.41, 5.74) is 0. The van der Waals surface area contributed by atoms with Crippen molar-refractivity contribution in [3.05, 3.63) is 0 Å². The molecule has 0 amide bonds. The molecule has 0 saturated heterocycles. The number of hydrogen-bond donors (Lipinski definition) is 3. The summed E-state index contributed by atoms with van der Waals surface area (Å²) in [6.45, 7) is 1.70. The number of sulfonamides is 1. The smallest absolute Gasteiger partial charge is 0.211 e. The summed E-state index contributed by atoms with van der Waals surface area (Å²) in [4.78, 5) is 0. The Balaban J connectivity index is 0.000000217. The van der Waals surface area contributed by atoms with Gasteiger partial charge in [-0.25, -0.2) is 13.6 Å². The van der Waals surface area contributed by atoms with Crippen LogP contribution in [0.1, 0.15) is 26.2 Å². The van der Waals surface area contributed by atoms with Gasteiger partial charge in [-0.15, -0.1) is 0 Å². The lowest BCUT2D eigenvalue weighted by molar-refractivity contribution is -0.0413. The molecule has 1 saturated carbocycles. The Hall–Kier alpha value is -0.170. The van der Waals surface area contributed by atoms with Crippen LogP contribution >= 0.6 is 0 Å². The van der Waals surface area contributed by atoms with Crippen LogP contribution in [-0.4, -0.2) is 30.2 Å². The van der Waals surface area contributed by atoms with E-state index in [2.05, 4.69) is 0 Å². The lowest BCUT2D eigenvalue weighted by Gasteiger charge is -1.90. The van der Waals surface area contributed by atoms with Gasteiger partial charge < -0.3 is 10.2 Å². The molecule has 0 heterocycles. The highest BCUT2D eigenvalue weighted by molar-refractivity contribution is 7.90. The van der Waals surface area contributed by atoms with Crippen LogP contribution in [0.25, 0.3) is 0 Å². The molecule has 4 N–H and O–H groups in total. The number of hydrogen-bond acceptors (Lipinski definition) is 4. The summed E-state index contributed by atoms with van der Waals surface area (Å²) in [7, 11) is -3.13. The fraction of sp³-hybridized carbons (Fsp3) is 1.00. The van der Waals surface area contributed by atoms with Gasteiger partial charge in [0.1, 0.15) is 0 Å². The van der Waals surface area contributed by atoms with E-state index in [1.165, 1.54) is 0 Å². The fourth-order valence-corrected chi connectivity index (χ4v) is 1.19. The molecule has 0 radical (unpaired) electrons. The molecule has 0 bridgehead atoms. The van der Waals surface area contributed by atoms with E-state index in [1.807, 2.05) is 0 Å². The molecule has 74 valence electrons. The van der Waals surface area contributed by atoms with Crippen LogP contribution in [0.15, 0.2) is 0 Å². The van der Waals surface area contributed by atoms with E-state index in [1.54, 1.807) is 6.92 Å². The maximum Gasteiger partial charge on any atom is 0.211 e. The zero-order valence-electron chi connectivity index (χ0n) is 6.97. The van der Waals surface area contributed by atoms with Gasteiger partial charge in [-0.3, -0.25) is 0 Å². The Labute approximate surface area is 72.3 Å². The molecule has 0 aromatic rings. The Morgan fingerprint density at radius 2 is 1.83 bits per heavy atom. The van der Waals surface area contributed by atoms with Gasteiger partial charge in [0.15, 0.2) is 6.29 Å². The van der Waals surface area contributed by atoms with Crippen molar-refractivity contribution in [2.75, 3.05) is 0 Å². The van der Waals surface area contributed by atoms with Crippen LogP contribution in [0.2, 0.25) is 0 Å². The first kappa shape index (κ1) is 11.8.